The molecule has 0 spiro atoms. The molecule has 0 amide bonds. The molecule has 1 aromatic rings. The molecule has 3 heteroatoms. The largest absolute Gasteiger partial charge is 0.496 e. The summed E-state index contributed by atoms with van der Waals surface area (Å²) in [5.74, 6) is 1.46. The van der Waals surface area contributed by atoms with Crippen LogP contribution in [0.25, 0.3) is 0 Å². The first-order chi connectivity index (χ1) is 8.20. The molecule has 0 heterocycles. The van der Waals surface area contributed by atoms with E-state index < -0.39 is 0 Å². The molecule has 1 fully saturated rings. The van der Waals surface area contributed by atoms with Crippen LogP contribution in [-0.2, 0) is 6.42 Å². The van der Waals surface area contributed by atoms with E-state index in [0.717, 1.165) is 29.5 Å². The van der Waals surface area contributed by atoms with Crippen LogP contribution in [0.1, 0.15) is 31.2 Å². The van der Waals surface area contributed by atoms with E-state index in [-0.39, 0.29) is 6.10 Å². The summed E-state index contributed by atoms with van der Waals surface area (Å²) in [5.41, 5.74) is 1.29. The second-order valence-corrected chi connectivity index (χ2v) is 5.62. The number of methoxy groups -OCH3 is 1. The van der Waals surface area contributed by atoms with E-state index in [9.17, 15) is 5.11 Å². The number of hydrogen-bond donors (Lipinski definition) is 1. The van der Waals surface area contributed by atoms with Gasteiger partial charge in [-0.15, -0.1) is 0 Å². The SMILES string of the molecule is COc1ccc(CCCC(O)C2CC2)cc1Br. The maximum atomic E-state index is 9.77. The zero-order valence-corrected chi connectivity index (χ0v) is 11.7. The van der Waals surface area contributed by atoms with E-state index in [2.05, 4.69) is 28.1 Å². The summed E-state index contributed by atoms with van der Waals surface area (Å²) in [6.45, 7) is 0. The summed E-state index contributed by atoms with van der Waals surface area (Å²) >= 11 is 3.49. The minimum Gasteiger partial charge on any atom is -0.496 e. The van der Waals surface area contributed by atoms with E-state index in [4.69, 9.17) is 4.74 Å². The highest BCUT2D eigenvalue weighted by atomic mass is 79.9. The lowest BCUT2D eigenvalue weighted by atomic mass is 10.0. The van der Waals surface area contributed by atoms with Gasteiger partial charge in [-0.2, -0.15) is 0 Å². The Labute approximate surface area is 111 Å². The van der Waals surface area contributed by atoms with Crippen LogP contribution in [0.4, 0.5) is 0 Å². The van der Waals surface area contributed by atoms with Gasteiger partial charge >= 0.3 is 0 Å². The molecule has 1 N–H and O–H groups in total. The highest BCUT2D eigenvalue weighted by molar-refractivity contribution is 9.10. The van der Waals surface area contributed by atoms with Gasteiger partial charge in [0.05, 0.1) is 17.7 Å². The number of ether oxygens (including phenoxy) is 1. The monoisotopic (exact) mass is 298 g/mol. The van der Waals surface area contributed by atoms with Gasteiger partial charge in [-0.1, -0.05) is 6.07 Å². The maximum Gasteiger partial charge on any atom is 0.133 e. The summed E-state index contributed by atoms with van der Waals surface area (Å²) in [6.07, 6.45) is 5.36. The molecule has 1 aliphatic rings. The molecule has 94 valence electrons. The second kappa shape index (κ2) is 5.87. The van der Waals surface area contributed by atoms with E-state index in [1.807, 2.05) is 6.07 Å². The average Bonchev–Trinajstić information content (AvgIpc) is 3.13. The quantitative estimate of drug-likeness (QED) is 0.870. The van der Waals surface area contributed by atoms with Crippen molar-refractivity contribution in [2.75, 3.05) is 7.11 Å². The van der Waals surface area contributed by atoms with Gasteiger partial charge < -0.3 is 9.84 Å². The van der Waals surface area contributed by atoms with Gasteiger partial charge in [0.15, 0.2) is 0 Å². The lowest BCUT2D eigenvalue weighted by Crippen LogP contribution is -2.08. The molecule has 0 bridgehead atoms. The van der Waals surface area contributed by atoms with Crippen molar-refractivity contribution in [3.63, 3.8) is 0 Å². The molecule has 1 aromatic carbocycles. The third-order valence-corrected chi connectivity index (χ3v) is 3.97. The predicted molar refractivity (Wildman–Crippen MR) is 72.4 cm³/mol. The highest BCUT2D eigenvalue weighted by Crippen LogP contribution is 2.34. The Morgan fingerprint density at radius 3 is 2.82 bits per heavy atom. The van der Waals surface area contributed by atoms with E-state index in [1.54, 1.807) is 7.11 Å². The van der Waals surface area contributed by atoms with Crippen LogP contribution in [0.2, 0.25) is 0 Å². The molecule has 0 aromatic heterocycles. The van der Waals surface area contributed by atoms with Gasteiger partial charge in [0.2, 0.25) is 0 Å². The Balaban J connectivity index is 1.80. The second-order valence-electron chi connectivity index (χ2n) is 4.77. The van der Waals surface area contributed by atoms with Crippen LogP contribution in [0.15, 0.2) is 22.7 Å². The Morgan fingerprint density at radius 1 is 1.47 bits per heavy atom. The van der Waals surface area contributed by atoms with Gasteiger partial charge in [0.1, 0.15) is 5.75 Å². The van der Waals surface area contributed by atoms with Crippen LogP contribution in [0.3, 0.4) is 0 Å². The molecule has 1 saturated carbocycles. The Kier molecular flexibility index (Phi) is 4.46. The third kappa shape index (κ3) is 3.71. The van der Waals surface area contributed by atoms with Crippen molar-refractivity contribution in [3.8, 4) is 5.75 Å². The Bertz CT molecular complexity index is 374. The number of rotatable bonds is 6. The number of benzene rings is 1. The van der Waals surface area contributed by atoms with Crippen molar-refractivity contribution in [1.29, 1.82) is 0 Å². The number of aliphatic hydroxyl groups excluding tert-OH is 1. The average molecular weight is 299 g/mol. The van der Waals surface area contributed by atoms with E-state index in [1.165, 1.54) is 18.4 Å². The standard InChI is InChI=1S/C14H19BrO2/c1-17-14-8-5-10(9-12(14)15)3-2-4-13(16)11-6-7-11/h5,8-9,11,13,16H,2-4,6-7H2,1H3. The fraction of sp³-hybridized carbons (Fsp3) is 0.571. The first kappa shape index (κ1) is 12.9. The first-order valence-corrected chi connectivity index (χ1v) is 7.00. The summed E-state index contributed by atoms with van der Waals surface area (Å²) < 4.78 is 6.20. The van der Waals surface area contributed by atoms with Gasteiger partial charge in [-0.25, -0.2) is 0 Å². The molecule has 0 aliphatic heterocycles. The molecule has 2 rings (SSSR count). The Hall–Kier alpha value is -0.540. The Morgan fingerprint density at radius 2 is 2.24 bits per heavy atom. The van der Waals surface area contributed by atoms with Crippen molar-refractivity contribution in [3.05, 3.63) is 28.2 Å². The van der Waals surface area contributed by atoms with Crippen LogP contribution in [0, 0.1) is 5.92 Å². The molecular formula is C14H19BrO2. The molecule has 17 heavy (non-hydrogen) atoms. The summed E-state index contributed by atoms with van der Waals surface area (Å²) in [6, 6.07) is 6.17. The molecule has 1 aliphatic carbocycles. The van der Waals surface area contributed by atoms with Crippen LogP contribution < -0.4 is 4.74 Å². The van der Waals surface area contributed by atoms with Crippen molar-refractivity contribution >= 4 is 15.9 Å². The van der Waals surface area contributed by atoms with E-state index in [0.29, 0.717) is 5.92 Å². The third-order valence-electron chi connectivity index (χ3n) is 3.35. The number of aryl methyl sites for hydroxylation is 1. The lowest BCUT2D eigenvalue weighted by Gasteiger charge is -2.09. The summed E-state index contributed by atoms with van der Waals surface area (Å²) in [7, 11) is 1.67. The fourth-order valence-electron chi connectivity index (χ4n) is 2.10. The van der Waals surface area contributed by atoms with Crippen LogP contribution in [0.5, 0.6) is 5.75 Å². The van der Waals surface area contributed by atoms with Crippen molar-refractivity contribution in [1.82, 2.24) is 0 Å². The normalized spacial score (nSPS) is 16.9. The molecule has 0 saturated heterocycles. The predicted octanol–water partition coefficient (Wildman–Crippen LogP) is 3.55. The highest BCUT2D eigenvalue weighted by Gasteiger charge is 2.28. The lowest BCUT2D eigenvalue weighted by molar-refractivity contribution is 0.139. The molecule has 1 atom stereocenters. The molecule has 2 nitrogen and oxygen atoms in total. The van der Waals surface area contributed by atoms with Crippen molar-refractivity contribution < 1.29 is 9.84 Å². The number of aliphatic hydroxyl groups is 1. The summed E-state index contributed by atoms with van der Waals surface area (Å²) in [5, 5.41) is 9.77. The van der Waals surface area contributed by atoms with Gasteiger partial charge in [0, 0.05) is 0 Å². The molecular weight excluding hydrogens is 280 g/mol. The number of halogens is 1. The summed E-state index contributed by atoms with van der Waals surface area (Å²) in [4.78, 5) is 0. The first-order valence-electron chi connectivity index (χ1n) is 6.21. The van der Waals surface area contributed by atoms with E-state index >= 15 is 0 Å². The van der Waals surface area contributed by atoms with Crippen molar-refractivity contribution in [2.24, 2.45) is 5.92 Å². The van der Waals surface area contributed by atoms with Gasteiger partial charge in [-0.05, 0) is 71.6 Å². The minimum atomic E-state index is -0.0725. The topological polar surface area (TPSA) is 29.5 Å². The molecule has 0 radical (unpaired) electrons. The maximum absolute atomic E-state index is 9.77. The zero-order chi connectivity index (χ0) is 12.3. The van der Waals surface area contributed by atoms with Crippen molar-refractivity contribution in [2.45, 2.75) is 38.2 Å². The molecule has 1 unspecified atom stereocenters. The van der Waals surface area contributed by atoms with Crippen LogP contribution in [-0.4, -0.2) is 18.3 Å². The van der Waals surface area contributed by atoms with Gasteiger partial charge in [0.25, 0.3) is 0 Å². The smallest absolute Gasteiger partial charge is 0.133 e. The fourth-order valence-corrected chi connectivity index (χ4v) is 2.69. The zero-order valence-electron chi connectivity index (χ0n) is 10.2. The van der Waals surface area contributed by atoms with Gasteiger partial charge in [-0.3, -0.25) is 0 Å². The van der Waals surface area contributed by atoms with Crippen LogP contribution >= 0.6 is 15.9 Å². The minimum absolute atomic E-state index is 0.0725. The number of hydrogen-bond acceptors (Lipinski definition) is 2.